The van der Waals surface area contributed by atoms with E-state index in [4.69, 9.17) is 0 Å². The highest BCUT2D eigenvalue weighted by Crippen LogP contribution is 2.25. The summed E-state index contributed by atoms with van der Waals surface area (Å²) in [6.07, 6.45) is 5.15. The van der Waals surface area contributed by atoms with Crippen LogP contribution in [0.4, 0.5) is 17.1 Å². The molecule has 0 atom stereocenters. The van der Waals surface area contributed by atoms with Gasteiger partial charge < -0.3 is 20.4 Å². The van der Waals surface area contributed by atoms with Crippen molar-refractivity contribution in [2.45, 2.75) is 26.2 Å². The van der Waals surface area contributed by atoms with Gasteiger partial charge in [-0.05, 0) is 82.2 Å². The Bertz CT molecular complexity index is 765. The van der Waals surface area contributed by atoms with Gasteiger partial charge in [-0.3, -0.25) is 4.79 Å². The smallest absolute Gasteiger partial charge is 0.269 e. The number of aromatic nitrogens is 1. The van der Waals surface area contributed by atoms with Crippen molar-refractivity contribution in [3.63, 3.8) is 0 Å². The number of amides is 1. The van der Waals surface area contributed by atoms with Crippen LogP contribution in [0.25, 0.3) is 0 Å². The normalized spacial score (nSPS) is 14.8. The summed E-state index contributed by atoms with van der Waals surface area (Å²) < 4.78 is 0. The molecule has 6 heteroatoms. The van der Waals surface area contributed by atoms with Gasteiger partial charge in [-0.25, -0.2) is 4.98 Å². The summed E-state index contributed by atoms with van der Waals surface area (Å²) in [5, 5.41) is 6.26. The van der Waals surface area contributed by atoms with E-state index in [0.29, 0.717) is 12.2 Å². The Morgan fingerprint density at radius 3 is 2.41 bits per heavy atom. The minimum absolute atomic E-state index is 0.129. The van der Waals surface area contributed by atoms with Crippen LogP contribution in [0, 0.1) is 5.92 Å². The molecule has 1 aromatic carbocycles. The summed E-state index contributed by atoms with van der Waals surface area (Å²) in [4.78, 5) is 21.0. The molecule has 2 N–H and O–H groups in total. The standard InChI is InChI=1S/C23H33N5O/c1-18-11-15-28(16-12-18)21-8-5-19(6-9-21)26-20-7-10-22(25-17-20)23(29)24-13-4-14-27(2)3/h5-10,17-18,26H,4,11-16H2,1-3H3,(H,24,29). The van der Waals surface area contributed by atoms with Crippen LogP contribution in [0.2, 0.25) is 0 Å². The molecule has 2 heterocycles. The Balaban J connectivity index is 1.49. The number of carbonyl (C=O) groups excluding carboxylic acids is 1. The number of piperidine rings is 1. The van der Waals surface area contributed by atoms with E-state index in [1.54, 1.807) is 12.3 Å². The third-order valence-corrected chi connectivity index (χ3v) is 5.37. The zero-order valence-electron chi connectivity index (χ0n) is 17.8. The van der Waals surface area contributed by atoms with Crippen molar-refractivity contribution < 1.29 is 4.79 Å². The molecule has 0 spiro atoms. The van der Waals surface area contributed by atoms with Gasteiger partial charge in [0.2, 0.25) is 0 Å². The minimum atomic E-state index is -0.129. The molecular weight excluding hydrogens is 362 g/mol. The lowest BCUT2D eigenvalue weighted by molar-refractivity contribution is 0.0947. The zero-order chi connectivity index (χ0) is 20.6. The summed E-state index contributed by atoms with van der Waals surface area (Å²) in [6.45, 7) is 6.21. The largest absolute Gasteiger partial charge is 0.372 e. The topological polar surface area (TPSA) is 60.5 Å². The van der Waals surface area contributed by atoms with Crippen molar-refractivity contribution in [3.05, 3.63) is 48.3 Å². The van der Waals surface area contributed by atoms with Crippen LogP contribution in [0.15, 0.2) is 42.6 Å². The highest BCUT2D eigenvalue weighted by molar-refractivity contribution is 5.92. The fourth-order valence-corrected chi connectivity index (χ4v) is 3.48. The number of nitrogens with zero attached hydrogens (tertiary/aromatic N) is 3. The Kier molecular flexibility index (Phi) is 7.47. The van der Waals surface area contributed by atoms with Crippen LogP contribution in [0.3, 0.4) is 0 Å². The predicted molar refractivity (Wildman–Crippen MR) is 120 cm³/mol. The molecule has 1 fully saturated rings. The quantitative estimate of drug-likeness (QED) is 0.667. The fourth-order valence-electron chi connectivity index (χ4n) is 3.48. The first-order valence-electron chi connectivity index (χ1n) is 10.5. The van der Waals surface area contributed by atoms with Gasteiger partial charge in [0.15, 0.2) is 0 Å². The summed E-state index contributed by atoms with van der Waals surface area (Å²) in [5.41, 5.74) is 3.60. The zero-order valence-corrected chi connectivity index (χ0v) is 17.8. The lowest BCUT2D eigenvalue weighted by atomic mass is 9.99. The summed E-state index contributed by atoms with van der Waals surface area (Å²) in [5.74, 6) is 0.707. The van der Waals surface area contributed by atoms with Gasteiger partial charge in [0.05, 0.1) is 11.9 Å². The van der Waals surface area contributed by atoms with E-state index in [1.165, 1.54) is 18.5 Å². The first-order chi connectivity index (χ1) is 14.0. The lowest BCUT2D eigenvalue weighted by Gasteiger charge is -2.32. The monoisotopic (exact) mass is 395 g/mol. The molecule has 6 nitrogen and oxygen atoms in total. The average Bonchev–Trinajstić information content (AvgIpc) is 2.73. The van der Waals surface area contributed by atoms with Crippen molar-refractivity contribution in [2.24, 2.45) is 5.92 Å². The molecule has 0 bridgehead atoms. The number of carbonyl (C=O) groups is 1. The summed E-state index contributed by atoms with van der Waals surface area (Å²) in [6, 6.07) is 12.2. The highest BCUT2D eigenvalue weighted by atomic mass is 16.1. The van der Waals surface area contributed by atoms with Gasteiger partial charge >= 0.3 is 0 Å². The molecule has 1 aliphatic rings. The van der Waals surface area contributed by atoms with Gasteiger partial charge in [-0.1, -0.05) is 6.92 Å². The number of pyridine rings is 1. The predicted octanol–water partition coefficient (Wildman–Crippen LogP) is 3.74. The van der Waals surface area contributed by atoms with Crippen LogP contribution in [0.5, 0.6) is 0 Å². The number of hydrogen-bond donors (Lipinski definition) is 2. The summed E-state index contributed by atoms with van der Waals surface area (Å²) >= 11 is 0. The van der Waals surface area contributed by atoms with E-state index in [1.807, 2.05) is 20.2 Å². The Morgan fingerprint density at radius 1 is 1.10 bits per heavy atom. The SMILES string of the molecule is CC1CCN(c2ccc(Nc3ccc(C(=O)NCCCN(C)C)nc3)cc2)CC1. The molecule has 29 heavy (non-hydrogen) atoms. The summed E-state index contributed by atoms with van der Waals surface area (Å²) in [7, 11) is 4.05. The second-order valence-corrected chi connectivity index (χ2v) is 8.19. The number of anilines is 3. The minimum Gasteiger partial charge on any atom is -0.372 e. The molecule has 0 saturated carbocycles. The van der Waals surface area contributed by atoms with Crippen LogP contribution in [0.1, 0.15) is 36.7 Å². The van der Waals surface area contributed by atoms with Crippen LogP contribution >= 0.6 is 0 Å². The number of rotatable bonds is 8. The van der Waals surface area contributed by atoms with Gasteiger partial charge in [0.1, 0.15) is 5.69 Å². The first-order valence-corrected chi connectivity index (χ1v) is 10.5. The van der Waals surface area contributed by atoms with Crippen molar-refractivity contribution in [3.8, 4) is 0 Å². The second-order valence-electron chi connectivity index (χ2n) is 8.19. The van der Waals surface area contributed by atoms with Gasteiger partial charge in [0, 0.05) is 31.0 Å². The highest BCUT2D eigenvalue weighted by Gasteiger charge is 2.15. The van der Waals surface area contributed by atoms with E-state index in [-0.39, 0.29) is 5.91 Å². The molecule has 0 aliphatic carbocycles. The average molecular weight is 396 g/mol. The molecule has 0 unspecified atom stereocenters. The van der Waals surface area contributed by atoms with Crippen molar-refractivity contribution in [1.82, 2.24) is 15.2 Å². The number of benzene rings is 1. The lowest BCUT2D eigenvalue weighted by Crippen LogP contribution is -2.32. The van der Waals surface area contributed by atoms with Crippen molar-refractivity contribution in [2.75, 3.05) is 50.5 Å². The van der Waals surface area contributed by atoms with Crippen LogP contribution < -0.4 is 15.5 Å². The molecule has 1 amide bonds. The number of hydrogen-bond acceptors (Lipinski definition) is 5. The molecule has 1 aliphatic heterocycles. The van der Waals surface area contributed by atoms with Gasteiger partial charge in [0.25, 0.3) is 5.91 Å². The first kappa shape index (κ1) is 21.1. The van der Waals surface area contributed by atoms with Gasteiger partial charge in [-0.2, -0.15) is 0 Å². The maximum atomic E-state index is 12.2. The Morgan fingerprint density at radius 2 is 1.79 bits per heavy atom. The fraction of sp³-hybridized carbons (Fsp3) is 0.478. The molecular formula is C23H33N5O. The maximum Gasteiger partial charge on any atom is 0.269 e. The van der Waals surface area contributed by atoms with E-state index >= 15 is 0 Å². The number of nitrogens with one attached hydrogen (secondary N) is 2. The third-order valence-electron chi connectivity index (χ3n) is 5.37. The van der Waals surface area contributed by atoms with E-state index in [2.05, 4.69) is 56.6 Å². The molecule has 0 radical (unpaired) electrons. The van der Waals surface area contributed by atoms with Crippen molar-refractivity contribution >= 4 is 23.0 Å². The molecule has 2 aromatic rings. The second kappa shape index (κ2) is 10.3. The van der Waals surface area contributed by atoms with Gasteiger partial charge in [-0.15, -0.1) is 0 Å². The van der Waals surface area contributed by atoms with Crippen LogP contribution in [-0.2, 0) is 0 Å². The third kappa shape index (κ3) is 6.46. The maximum absolute atomic E-state index is 12.2. The van der Waals surface area contributed by atoms with E-state index in [9.17, 15) is 4.79 Å². The van der Waals surface area contributed by atoms with E-state index in [0.717, 1.165) is 43.3 Å². The Labute approximate surface area is 174 Å². The molecule has 3 rings (SSSR count). The van der Waals surface area contributed by atoms with Crippen LogP contribution in [-0.4, -0.2) is 56.1 Å². The molecule has 1 saturated heterocycles. The van der Waals surface area contributed by atoms with E-state index < -0.39 is 0 Å². The molecule has 1 aromatic heterocycles. The Hall–Kier alpha value is -2.60. The van der Waals surface area contributed by atoms with Crippen molar-refractivity contribution in [1.29, 1.82) is 0 Å². The molecule has 156 valence electrons.